The lowest BCUT2D eigenvalue weighted by Crippen LogP contribution is -2.49. The highest BCUT2D eigenvalue weighted by atomic mass is 35.5. The number of carbonyl (C=O) groups is 1. The molecule has 2 unspecified atom stereocenters. The first-order valence-corrected chi connectivity index (χ1v) is 8.01. The maximum atomic E-state index is 12.1. The zero-order valence-corrected chi connectivity index (χ0v) is 13.7. The molecule has 3 rings (SSSR count). The molecule has 122 valence electrons. The zero-order chi connectivity index (χ0) is 14.7. The molecule has 0 spiro atoms. The van der Waals surface area contributed by atoms with Crippen LogP contribution in [0, 0.1) is 5.92 Å². The number of halogens is 1. The number of esters is 1. The van der Waals surface area contributed by atoms with Gasteiger partial charge in [-0.05, 0) is 63.0 Å². The summed E-state index contributed by atoms with van der Waals surface area (Å²) in [4.78, 5) is 14.7. The van der Waals surface area contributed by atoms with E-state index in [1.165, 1.54) is 45.2 Å². The van der Waals surface area contributed by atoms with Gasteiger partial charge in [-0.2, -0.15) is 0 Å². The van der Waals surface area contributed by atoms with E-state index in [0.29, 0.717) is 29.8 Å². The smallest absolute Gasteiger partial charge is 0.338 e. The van der Waals surface area contributed by atoms with Gasteiger partial charge < -0.3 is 10.5 Å². The van der Waals surface area contributed by atoms with Gasteiger partial charge in [0.2, 0.25) is 0 Å². The molecule has 2 fully saturated rings. The molecule has 2 N–H and O–H groups in total. The topological polar surface area (TPSA) is 55.6 Å². The van der Waals surface area contributed by atoms with E-state index >= 15 is 0 Å². The van der Waals surface area contributed by atoms with Crippen molar-refractivity contribution in [1.29, 1.82) is 0 Å². The second kappa shape index (κ2) is 7.84. The summed E-state index contributed by atoms with van der Waals surface area (Å²) in [6, 6.07) is 7.54. The van der Waals surface area contributed by atoms with Crippen LogP contribution in [0.4, 0.5) is 5.69 Å². The first-order chi connectivity index (χ1) is 10.2. The lowest BCUT2D eigenvalue weighted by atomic mass is 9.84. The third kappa shape index (κ3) is 3.93. The van der Waals surface area contributed by atoms with Crippen LogP contribution in [0.5, 0.6) is 0 Å². The minimum Gasteiger partial charge on any atom is -0.462 e. The first-order valence-electron chi connectivity index (χ1n) is 8.01. The number of anilines is 1. The monoisotopic (exact) mass is 324 g/mol. The molecule has 2 heterocycles. The minimum absolute atomic E-state index is 0. The Balaban J connectivity index is 0.00000176. The van der Waals surface area contributed by atoms with Gasteiger partial charge in [-0.25, -0.2) is 4.79 Å². The fraction of sp³-hybridized carbons (Fsp3) is 0.588. The third-order valence-corrected chi connectivity index (χ3v) is 4.80. The average molecular weight is 325 g/mol. The molecule has 0 aliphatic carbocycles. The molecule has 0 aromatic heterocycles. The molecule has 22 heavy (non-hydrogen) atoms. The van der Waals surface area contributed by atoms with Gasteiger partial charge in [0, 0.05) is 17.6 Å². The van der Waals surface area contributed by atoms with Gasteiger partial charge in [-0.1, -0.05) is 6.42 Å². The van der Waals surface area contributed by atoms with Crippen molar-refractivity contribution >= 4 is 24.1 Å². The van der Waals surface area contributed by atoms with E-state index in [9.17, 15) is 4.79 Å². The van der Waals surface area contributed by atoms with Crippen molar-refractivity contribution in [3.05, 3.63) is 29.8 Å². The number of hydrogen-bond acceptors (Lipinski definition) is 4. The lowest BCUT2D eigenvalue weighted by molar-refractivity contribution is 0.00739. The van der Waals surface area contributed by atoms with Gasteiger partial charge in [0.05, 0.1) is 12.2 Å². The maximum Gasteiger partial charge on any atom is 0.338 e. The van der Waals surface area contributed by atoms with E-state index < -0.39 is 0 Å². The summed E-state index contributed by atoms with van der Waals surface area (Å²) in [5.74, 6) is 0.264. The Bertz CT molecular complexity index is 490. The number of rotatable bonds is 3. The van der Waals surface area contributed by atoms with Crippen molar-refractivity contribution in [1.82, 2.24) is 4.90 Å². The number of hydrogen-bond donors (Lipinski definition) is 1. The quantitative estimate of drug-likeness (QED) is 0.685. The van der Waals surface area contributed by atoms with Crippen molar-refractivity contribution in [2.24, 2.45) is 5.92 Å². The molecule has 2 aliphatic heterocycles. The molecule has 0 bridgehead atoms. The maximum absolute atomic E-state index is 12.1. The third-order valence-electron chi connectivity index (χ3n) is 4.80. The molecule has 0 saturated carbocycles. The normalized spacial score (nSPS) is 24.9. The van der Waals surface area contributed by atoms with Crippen LogP contribution in [0.1, 0.15) is 42.5 Å². The molecule has 2 atom stereocenters. The Morgan fingerprint density at radius 2 is 1.86 bits per heavy atom. The van der Waals surface area contributed by atoms with Crippen molar-refractivity contribution in [3.8, 4) is 0 Å². The van der Waals surface area contributed by atoms with Crippen molar-refractivity contribution in [2.75, 3.05) is 25.4 Å². The summed E-state index contributed by atoms with van der Waals surface area (Å²) in [6.07, 6.45) is 6.28. The second-order valence-electron chi connectivity index (χ2n) is 6.22. The molecule has 0 amide bonds. The van der Waals surface area contributed by atoms with Crippen molar-refractivity contribution < 1.29 is 9.53 Å². The number of nitrogens with zero attached hydrogens (tertiary/aromatic N) is 1. The average Bonchev–Trinajstić information content (AvgIpc) is 2.53. The Morgan fingerprint density at radius 1 is 1.14 bits per heavy atom. The standard InChI is InChI=1S/C17H24N2O2.ClH/c18-15-8-6-13(7-9-15)17(20)21-12-14-4-3-11-19-10-2-1-5-16(14)19;/h6-9,14,16H,1-5,10-12,18H2;1H. The predicted octanol–water partition coefficient (Wildman–Crippen LogP) is 3.11. The first kappa shape index (κ1) is 17.1. The van der Waals surface area contributed by atoms with Crippen LogP contribution < -0.4 is 5.73 Å². The van der Waals surface area contributed by atoms with Gasteiger partial charge in [-0.3, -0.25) is 4.90 Å². The number of carbonyl (C=O) groups excluding carboxylic acids is 1. The number of nitrogens with two attached hydrogens (primary N) is 1. The Labute approximate surface area is 138 Å². The van der Waals surface area contributed by atoms with Crippen LogP contribution in [0.3, 0.4) is 0 Å². The summed E-state index contributed by atoms with van der Waals surface area (Å²) >= 11 is 0. The molecule has 5 heteroatoms. The summed E-state index contributed by atoms with van der Waals surface area (Å²) in [7, 11) is 0. The van der Waals surface area contributed by atoms with E-state index in [4.69, 9.17) is 10.5 Å². The number of benzene rings is 1. The summed E-state index contributed by atoms with van der Waals surface area (Å²) in [6.45, 7) is 2.98. The molecule has 2 aliphatic rings. The molecule has 2 saturated heterocycles. The zero-order valence-electron chi connectivity index (χ0n) is 12.9. The highest BCUT2D eigenvalue weighted by Gasteiger charge is 2.33. The van der Waals surface area contributed by atoms with E-state index in [1.807, 2.05) is 0 Å². The fourth-order valence-electron chi connectivity index (χ4n) is 3.66. The van der Waals surface area contributed by atoms with Crippen LogP contribution >= 0.6 is 12.4 Å². The molecular formula is C17H25ClN2O2. The molecular weight excluding hydrogens is 300 g/mol. The number of nitrogen functional groups attached to an aromatic ring is 1. The SMILES string of the molecule is Cl.Nc1ccc(C(=O)OCC2CCCN3CCCCC23)cc1. The van der Waals surface area contributed by atoms with Crippen LogP contribution in [0.2, 0.25) is 0 Å². The van der Waals surface area contributed by atoms with Crippen LogP contribution in [-0.4, -0.2) is 36.6 Å². The summed E-state index contributed by atoms with van der Waals surface area (Å²) in [5, 5.41) is 0. The van der Waals surface area contributed by atoms with Crippen LogP contribution in [0.25, 0.3) is 0 Å². The summed E-state index contributed by atoms with van der Waals surface area (Å²) in [5.41, 5.74) is 6.88. The lowest BCUT2D eigenvalue weighted by Gasteiger charge is -2.44. The highest BCUT2D eigenvalue weighted by Crippen LogP contribution is 2.31. The van der Waals surface area contributed by atoms with Crippen LogP contribution in [-0.2, 0) is 4.74 Å². The van der Waals surface area contributed by atoms with Gasteiger partial charge in [0.15, 0.2) is 0 Å². The van der Waals surface area contributed by atoms with E-state index in [-0.39, 0.29) is 18.4 Å². The van der Waals surface area contributed by atoms with Gasteiger partial charge in [-0.15, -0.1) is 12.4 Å². The summed E-state index contributed by atoms with van der Waals surface area (Å²) < 4.78 is 5.55. The van der Waals surface area contributed by atoms with E-state index in [0.717, 1.165) is 0 Å². The van der Waals surface area contributed by atoms with E-state index in [1.54, 1.807) is 24.3 Å². The van der Waals surface area contributed by atoms with E-state index in [2.05, 4.69) is 4.90 Å². The molecule has 4 nitrogen and oxygen atoms in total. The molecule has 1 aromatic rings. The second-order valence-corrected chi connectivity index (χ2v) is 6.22. The fourth-order valence-corrected chi connectivity index (χ4v) is 3.66. The number of ether oxygens (including phenoxy) is 1. The van der Waals surface area contributed by atoms with Gasteiger partial charge >= 0.3 is 5.97 Å². The van der Waals surface area contributed by atoms with Crippen molar-refractivity contribution in [3.63, 3.8) is 0 Å². The largest absolute Gasteiger partial charge is 0.462 e. The Hall–Kier alpha value is -1.26. The minimum atomic E-state index is -0.233. The molecule has 0 radical (unpaired) electrons. The predicted molar refractivity (Wildman–Crippen MR) is 90.3 cm³/mol. The van der Waals surface area contributed by atoms with Crippen LogP contribution in [0.15, 0.2) is 24.3 Å². The highest BCUT2D eigenvalue weighted by molar-refractivity contribution is 5.89. The van der Waals surface area contributed by atoms with Gasteiger partial charge in [0.25, 0.3) is 0 Å². The van der Waals surface area contributed by atoms with Crippen molar-refractivity contribution in [2.45, 2.75) is 38.1 Å². The number of piperidine rings is 2. The Morgan fingerprint density at radius 3 is 2.64 bits per heavy atom. The molecule has 1 aromatic carbocycles. The van der Waals surface area contributed by atoms with Gasteiger partial charge in [0.1, 0.15) is 0 Å². The number of fused-ring (bicyclic) bond motifs is 1. The Kier molecular flexibility index (Phi) is 6.09.